The molecule has 1 N–H and O–H groups in total. The highest BCUT2D eigenvalue weighted by Gasteiger charge is 2.13. The van der Waals surface area contributed by atoms with Crippen molar-refractivity contribution in [2.75, 3.05) is 5.32 Å². The molecule has 0 saturated heterocycles. The molecule has 1 aromatic carbocycles. The summed E-state index contributed by atoms with van der Waals surface area (Å²) >= 11 is 7.14. The molecule has 0 aliphatic rings. The zero-order chi connectivity index (χ0) is 15.5. The van der Waals surface area contributed by atoms with Crippen LogP contribution < -0.4 is 5.32 Å². The fourth-order valence-electron chi connectivity index (χ4n) is 1.89. The van der Waals surface area contributed by atoms with Crippen molar-refractivity contribution in [2.45, 2.75) is 6.43 Å². The van der Waals surface area contributed by atoms with Crippen molar-refractivity contribution < 1.29 is 8.78 Å². The van der Waals surface area contributed by atoms with E-state index in [2.05, 4.69) is 15.3 Å². The summed E-state index contributed by atoms with van der Waals surface area (Å²) in [5, 5.41) is 5.55. The Kier molecular flexibility index (Phi) is 4.31. The summed E-state index contributed by atoms with van der Waals surface area (Å²) in [5.74, 6) is 0. The van der Waals surface area contributed by atoms with Gasteiger partial charge in [0, 0.05) is 39.6 Å². The number of nitrogens with one attached hydrogen (secondary N) is 1. The predicted molar refractivity (Wildman–Crippen MR) is 85.0 cm³/mol. The first-order chi connectivity index (χ1) is 10.6. The van der Waals surface area contributed by atoms with Crippen LogP contribution in [0.4, 0.5) is 19.6 Å². The van der Waals surface area contributed by atoms with Gasteiger partial charge in [0.05, 0.1) is 5.69 Å². The molecule has 0 atom stereocenters. The maximum absolute atomic E-state index is 12.8. The summed E-state index contributed by atoms with van der Waals surface area (Å²) < 4.78 is 25.7. The average molecular weight is 338 g/mol. The molecule has 0 unspecified atom stereocenters. The van der Waals surface area contributed by atoms with Crippen molar-refractivity contribution in [3.63, 3.8) is 0 Å². The molecule has 112 valence electrons. The summed E-state index contributed by atoms with van der Waals surface area (Å²) in [6.07, 6.45) is 0.793. The number of aromatic nitrogens is 2. The van der Waals surface area contributed by atoms with Gasteiger partial charge in [0.2, 0.25) is 0 Å². The fourth-order valence-corrected chi connectivity index (χ4v) is 2.83. The Hall–Kier alpha value is -2.05. The molecule has 3 aromatic rings. The number of rotatable bonds is 4. The Bertz CT molecular complexity index is 777. The van der Waals surface area contributed by atoms with Gasteiger partial charge in [-0.15, -0.1) is 11.3 Å². The minimum absolute atomic E-state index is 0.0516. The Labute approximate surface area is 134 Å². The molecule has 0 aliphatic carbocycles. The Morgan fingerprint density at radius 3 is 2.82 bits per heavy atom. The van der Waals surface area contributed by atoms with Crippen LogP contribution in [0.25, 0.3) is 11.3 Å². The third-order valence-electron chi connectivity index (χ3n) is 2.94. The molecule has 3 nitrogen and oxygen atoms in total. The van der Waals surface area contributed by atoms with E-state index in [1.54, 1.807) is 18.5 Å². The van der Waals surface area contributed by atoms with Crippen LogP contribution in [0.5, 0.6) is 0 Å². The van der Waals surface area contributed by atoms with Crippen LogP contribution in [-0.4, -0.2) is 9.97 Å². The van der Waals surface area contributed by atoms with Gasteiger partial charge in [-0.2, -0.15) is 0 Å². The number of pyridine rings is 1. The van der Waals surface area contributed by atoms with E-state index in [-0.39, 0.29) is 10.6 Å². The van der Waals surface area contributed by atoms with Crippen LogP contribution >= 0.6 is 22.9 Å². The zero-order valence-electron chi connectivity index (χ0n) is 11.1. The second-order valence-corrected chi connectivity index (χ2v) is 5.71. The van der Waals surface area contributed by atoms with Gasteiger partial charge in [0.15, 0.2) is 5.13 Å². The highest BCUT2D eigenvalue weighted by molar-refractivity contribution is 7.14. The van der Waals surface area contributed by atoms with E-state index >= 15 is 0 Å². The summed E-state index contributed by atoms with van der Waals surface area (Å²) in [5.41, 5.74) is 2.00. The SMILES string of the molecule is FC(F)c1cc(Nc2nc(-c3cccnc3)cs2)ccc1Cl. The third-order valence-corrected chi connectivity index (χ3v) is 4.05. The quantitative estimate of drug-likeness (QED) is 0.679. The maximum Gasteiger partial charge on any atom is 0.265 e. The summed E-state index contributed by atoms with van der Waals surface area (Å²) in [6.45, 7) is 0. The Morgan fingerprint density at radius 2 is 2.09 bits per heavy atom. The smallest absolute Gasteiger partial charge is 0.265 e. The summed E-state index contributed by atoms with van der Waals surface area (Å²) in [6, 6.07) is 8.15. The molecule has 3 rings (SSSR count). The second-order valence-electron chi connectivity index (χ2n) is 4.44. The van der Waals surface area contributed by atoms with E-state index in [9.17, 15) is 8.78 Å². The summed E-state index contributed by atoms with van der Waals surface area (Å²) in [7, 11) is 0. The topological polar surface area (TPSA) is 37.8 Å². The van der Waals surface area contributed by atoms with E-state index < -0.39 is 6.43 Å². The van der Waals surface area contributed by atoms with Crippen molar-refractivity contribution in [3.05, 3.63) is 58.7 Å². The molecule has 2 heterocycles. The molecule has 0 aliphatic heterocycles. The summed E-state index contributed by atoms with van der Waals surface area (Å²) in [4.78, 5) is 8.46. The largest absolute Gasteiger partial charge is 0.332 e. The highest BCUT2D eigenvalue weighted by atomic mass is 35.5. The zero-order valence-corrected chi connectivity index (χ0v) is 12.7. The van der Waals surface area contributed by atoms with Gasteiger partial charge < -0.3 is 5.32 Å². The van der Waals surface area contributed by atoms with Crippen LogP contribution in [0, 0.1) is 0 Å². The standard InChI is InChI=1S/C15H10ClF2N3S/c16-12-4-3-10(6-11(12)14(17)18)20-15-21-13(8-22-15)9-2-1-5-19-7-9/h1-8,14H,(H,20,21). The third kappa shape index (κ3) is 3.23. The van der Waals surface area contributed by atoms with Gasteiger partial charge in [-0.05, 0) is 30.3 Å². The van der Waals surface area contributed by atoms with E-state index in [1.807, 2.05) is 17.5 Å². The number of anilines is 2. The monoisotopic (exact) mass is 337 g/mol. The number of hydrogen-bond acceptors (Lipinski definition) is 4. The highest BCUT2D eigenvalue weighted by Crippen LogP contribution is 2.32. The van der Waals surface area contributed by atoms with Crippen LogP contribution in [0.1, 0.15) is 12.0 Å². The van der Waals surface area contributed by atoms with Gasteiger partial charge in [-0.1, -0.05) is 11.6 Å². The first-order valence-corrected chi connectivity index (χ1v) is 7.60. The van der Waals surface area contributed by atoms with Crippen molar-refractivity contribution in [1.82, 2.24) is 9.97 Å². The Morgan fingerprint density at radius 1 is 1.23 bits per heavy atom. The fraction of sp³-hybridized carbons (Fsp3) is 0.0667. The molecule has 0 saturated carbocycles. The lowest BCUT2D eigenvalue weighted by molar-refractivity contribution is 0.151. The van der Waals surface area contributed by atoms with Crippen LogP contribution in [0.15, 0.2) is 48.1 Å². The molecule has 0 amide bonds. The number of hydrogen-bond donors (Lipinski definition) is 1. The number of halogens is 3. The predicted octanol–water partition coefficient (Wildman–Crippen LogP) is 5.54. The van der Waals surface area contributed by atoms with Gasteiger partial charge in [0.1, 0.15) is 0 Å². The van der Waals surface area contributed by atoms with E-state index in [4.69, 9.17) is 11.6 Å². The minimum atomic E-state index is -2.61. The van der Waals surface area contributed by atoms with Gasteiger partial charge >= 0.3 is 0 Å². The van der Waals surface area contributed by atoms with E-state index in [1.165, 1.54) is 23.5 Å². The lowest BCUT2D eigenvalue weighted by Gasteiger charge is -2.07. The van der Waals surface area contributed by atoms with Crippen molar-refractivity contribution in [1.29, 1.82) is 0 Å². The molecule has 0 spiro atoms. The molecule has 22 heavy (non-hydrogen) atoms. The first kappa shape index (κ1) is 14.9. The number of benzene rings is 1. The molecule has 0 fully saturated rings. The van der Waals surface area contributed by atoms with Gasteiger partial charge in [-0.25, -0.2) is 13.8 Å². The van der Waals surface area contributed by atoms with Crippen LogP contribution in [0.3, 0.4) is 0 Å². The minimum Gasteiger partial charge on any atom is -0.332 e. The van der Waals surface area contributed by atoms with Crippen molar-refractivity contribution in [3.8, 4) is 11.3 Å². The lowest BCUT2D eigenvalue weighted by Crippen LogP contribution is -1.93. The molecular formula is C15H10ClF2N3S. The van der Waals surface area contributed by atoms with Crippen molar-refractivity contribution in [2.24, 2.45) is 0 Å². The Balaban J connectivity index is 1.83. The van der Waals surface area contributed by atoms with Gasteiger partial charge in [0.25, 0.3) is 6.43 Å². The van der Waals surface area contributed by atoms with Crippen molar-refractivity contribution >= 4 is 33.8 Å². The average Bonchev–Trinajstić information content (AvgIpc) is 2.98. The van der Waals surface area contributed by atoms with E-state index in [0.29, 0.717) is 10.8 Å². The van der Waals surface area contributed by atoms with Gasteiger partial charge in [-0.3, -0.25) is 4.98 Å². The first-order valence-electron chi connectivity index (χ1n) is 6.34. The molecule has 0 bridgehead atoms. The van der Waals surface area contributed by atoms with E-state index in [0.717, 1.165) is 11.3 Å². The molecule has 0 radical (unpaired) electrons. The normalized spacial score (nSPS) is 10.9. The lowest BCUT2D eigenvalue weighted by atomic mass is 10.2. The van der Waals surface area contributed by atoms with Crippen LogP contribution in [0.2, 0.25) is 5.02 Å². The maximum atomic E-state index is 12.8. The number of nitrogens with zero attached hydrogens (tertiary/aromatic N) is 2. The van der Waals surface area contributed by atoms with Crippen LogP contribution in [-0.2, 0) is 0 Å². The number of alkyl halides is 2. The molecular weight excluding hydrogens is 328 g/mol. The molecule has 2 aromatic heterocycles. The molecule has 7 heteroatoms. The number of thiazole rings is 1. The second kappa shape index (κ2) is 6.37.